The molecule has 0 amide bonds. The molecule has 0 aromatic carbocycles. The number of carbonyl (C=O) groups is 4. The van der Waals surface area contributed by atoms with E-state index in [4.69, 9.17) is 6.15 Å². The number of carboxylic acids is 2. The topological polar surface area (TPSA) is 133 Å². The van der Waals surface area contributed by atoms with Gasteiger partial charge in [-0.05, 0) is 12.8 Å². The Kier molecular flexibility index (Phi) is 24.2. The van der Waals surface area contributed by atoms with Crippen molar-refractivity contribution in [2.45, 2.75) is 92.3 Å². The summed E-state index contributed by atoms with van der Waals surface area (Å²) in [7, 11) is 0. The first kappa shape index (κ1) is 30.7. The van der Waals surface area contributed by atoms with E-state index in [0.717, 1.165) is 0 Å². The molecular formula is C18H32O8Sn. The van der Waals surface area contributed by atoms with Gasteiger partial charge in [0.05, 0.1) is 0 Å². The van der Waals surface area contributed by atoms with Gasteiger partial charge in [-0.15, -0.1) is 0 Å². The monoisotopic (exact) mass is 496 g/mol. The summed E-state index contributed by atoms with van der Waals surface area (Å²) in [5, 5.41) is 19.5. The van der Waals surface area contributed by atoms with Crippen LogP contribution >= 0.6 is 0 Å². The number of Topliss-reactive ketones (excluding diaryl/α,β-unsaturated/α-hetero) is 2. The molecule has 0 N–H and O–H groups in total. The Labute approximate surface area is 173 Å². The van der Waals surface area contributed by atoms with Crippen molar-refractivity contribution >= 4 is 45.5 Å². The second-order valence-corrected chi connectivity index (χ2v) is 7.91. The fourth-order valence-corrected chi connectivity index (χ4v) is 2.53. The summed E-state index contributed by atoms with van der Waals surface area (Å²) in [5.41, 5.74) is 0. The summed E-state index contributed by atoms with van der Waals surface area (Å²) < 4.78 is 10.6. The van der Waals surface area contributed by atoms with Gasteiger partial charge < -0.3 is 19.8 Å². The van der Waals surface area contributed by atoms with Crippen LogP contribution in [0.3, 0.4) is 0 Å². The summed E-state index contributed by atoms with van der Waals surface area (Å²) in [6.45, 7) is 11.8. The number of hydrogen-bond donors (Lipinski definition) is 0. The zero-order chi connectivity index (χ0) is 21.8. The summed E-state index contributed by atoms with van der Waals surface area (Å²) in [4.78, 5) is 40.4. The Morgan fingerprint density at radius 1 is 0.741 bits per heavy atom. The van der Waals surface area contributed by atoms with Gasteiger partial charge >= 0.3 is 68.0 Å². The molecule has 0 fully saturated rings. The second kappa shape index (κ2) is 21.3. The molecule has 8 nitrogen and oxygen atoms in total. The molecule has 0 aromatic rings. The van der Waals surface area contributed by atoms with Gasteiger partial charge in [-0.3, -0.25) is 9.59 Å². The van der Waals surface area contributed by atoms with E-state index in [1.807, 2.05) is 41.5 Å². The molecule has 156 valence electrons. The van der Waals surface area contributed by atoms with E-state index in [9.17, 15) is 29.4 Å². The van der Waals surface area contributed by atoms with Crippen molar-refractivity contribution in [1.82, 2.24) is 0 Å². The van der Waals surface area contributed by atoms with Crippen LogP contribution in [0.15, 0.2) is 0 Å². The van der Waals surface area contributed by atoms with Crippen LogP contribution in [0, 0.1) is 0 Å². The largest absolute Gasteiger partial charge is 0.550 e. The van der Waals surface area contributed by atoms with Crippen LogP contribution in [-0.2, 0) is 25.3 Å². The molecule has 0 aromatic heterocycles. The zero-order valence-electron chi connectivity index (χ0n) is 17.2. The number of ketones is 2. The van der Waals surface area contributed by atoms with Crippen LogP contribution in [0.5, 0.6) is 0 Å². The van der Waals surface area contributed by atoms with Crippen molar-refractivity contribution < 1.29 is 35.5 Å². The van der Waals surface area contributed by atoms with Gasteiger partial charge in [0, 0.05) is 37.6 Å². The first-order valence-electron chi connectivity index (χ1n) is 8.95. The minimum Gasteiger partial charge on any atom is -0.550 e. The van der Waals surface area contributed by atoms with E-state index in [1.165, 1.54) is 0 Å². The van der Waals surface area contributed by atoms with E-state index >= 15 is 0 Å². The second-order valence-electron chi connectivity index (χ2n) is 6.09. The SMILES string of the molecule is CC(C)[O][Sn+2][O]C(C)C.CCCC(=O)CC(=O)[O-].CCCC(=O)CC(=O)[O-]. The van der Waals surface area contributed by atoms with Crippen molar-refractivity contribution in [2.24, 2.45) is 0 Å². The third kappa shape index (κ3) is 36.6. The van der Waals surface area contributed by atoms with Crippen molar-refractivity contribution in [3.05, 3.63) is 0 Å². The van der Waals surface area contributed by atoms with Crippen LogP contribution in [0.1, 0.15) is 80.1 Å². The van der Waals surface area contributed by atoms with Crippen molar-refractivity contribution in [2.75, 3.05) is 0 Å². The van der Waals surface area contributed by atoms with Crippen LogP contribution in [0.2, 0.25) is 0 Å². The Morgan fingerprint density at radius 3 is 1.22 bits per heavy atom. The van der Waals surface area contributed by atoms with E-state index in [1.54, 1.807) is 0 Å². The summed E-state index contributed by atoms with van der Waals surface area (Å²) in [6.07, 6.45) is 1.90. The van der Waals surface area contributed by atoms with Gasteiger partial charge in [0.15, 0.2) is 0 Å². The summed E-state index contributed by atoms with van der Waals surface area (Å²) in [5.74, 6) is -3.07. The van der Waals surface area contributed by atoms with Crippen LogP contribution in [-0.4, -0.2) is 57.7 Å². The number of rotatable bonds is 12. The smallest absolute Gasteiger partial charge is 0.138 e. The number of aliphatic carboxylic acids is 2. The zero-order valence-corrected chi connectivity index (χ0v) is 20.0. The third-order valence-corrected chi connectivity index (χ3v) is 5.55. The minimum atomic E-state index is -1.28. The minimum absolute atomic E-state index is 0.252. The van der Waals surface area contributed by atoms with Gasteiger partial charge in [-0.25, -0.2) is 0 Å². The Hall–Kier alpha value is -1.00. The molecule has 0 unspecified atom stereocenters. The van der Waals surface area contributed by atoms with Crippen molar-refractivity contribution in [3.63, 3.8) is 0 Å². The van der Waals surface area contributed by atoms with E-state index in [0.29, 0.717) is 37.9 Å². The van der Waals surface area contributed by atoms with Gasteiger partial charge in [-0.2, -0.15) is 0 Å². The maximum Gasteiger partial charge on any atom is 0.138 e. The third-order valence-electron chi connectivity index (χ3n) is 2.31. The average Bonchev–Trinajstić information content (AvgIpc) is 2.46. The Balaban J connectivity index is -0.000000320. The van der Waals surface area contributed by atoms with Gasteiger partial charge in [0.2, 0.25) is 0 Å². The van der Waals surface area contributed by atoms with E-state index in [-0.39, 0.29) is 11.6 Å². The summed E-state index contributed by atoms with van der Waals surface area (Å²) in [6, 6.07) is 0. The molecule has 0 aliphatic rings. The molecule has 0 aliphatic carbocycles. The standard InChI is InChI=1S/2C6H10O3.2C3H7O.Sn/c2*1-2-3-5(7)4-6(8)9;2*1-3(2)4;/h2*2-4H2,1H3,(H,8,9);2*3H,1-2H3;/q;;2*-1;+4/p-2. The van der Waals surface area contributed by atoms with Crippen molar-refractivity contribution in [1.29, 1.82) is 0 Å². The van der Waals surface area contributed by atoms with Gasteiger partial charge in [0.25, 0.3) is 0 Å². The molecule has 0 bridgehead atoms. The first-order chi connectivity index (χ1) is 12.5. The molecule has 0 heterocycles. The average molecular weight is 495 g/mol. The maximum atomic E-state index is 10.4. The van der Waals surface area contributed by atoms with Gasteiger partial charge in [0.1, 0.15) is 11.6 Å². The molecule has 0 spiro atoms. The van der Waals surface area contributed by atoms with Gasteiger partial charge in [-0.1, -0.05) is 13.8 Å². The van der Waals surface area contributed by atoms with E-state index < -0.39 is 46.8 Å². The van der Waals surface area contributed by atoms with E-state index in [2.05, 4.69) is 0 Å². The first-order valence-corrected chi connectivity index (χ1v) is 11.3. The maximum absolute atomic E-state index is 10.4. The molecule has 0 rings (SSSR count). The Morgan fingerprint density at radius 2 is 1.04 bits per heavy atom. The molecule has 0 saturated heterocycles. The van der Waals surface area contributed by atoms with Crippen molar-refractivity contribution in [3.8, 4) is 0 Å². The Bertz CT molecular complexity index is 384. The molecule has 27 heavy (non-hydrogen) atoms. The fourth-order valence-electron chi connectivity index (χ4n) is 1.28. The molecule has 0 aliphatic heterocycles. The molecule has 0 saturated carbocycles. The molecular weight excluding hydrogens is 463 g/mol. The predicted molar refractivity (Wildman–Crippen MR) is 97.3 cm³/mol. The number of hydrogen-bond acceptors (Lipinski definition) is 8. The normalized spacial score (nSPS) is 9.48. The number of carbonyl (C=O) groups excluding carboxylic acids is 4. The van der Waals surface area contributed by atoms with Crippen LogP contribution in [0.4, 0.5) is 0 Å². The van der Waals surface area contributed by atoms with Crippen LogP contribution in [0.25, 0.3) is 0 Å². The molecule has 0 radical (unpaired) electrons. The molecule has 0 atom stereocenters. The molecule has 9 heteroatoms. The number of carboxylic acid groups (broad SMARTS) is 2. The quantitative estimate of drug-likeness (QED) is 0.280. The summed E-state index contributed by atoms with van der Waals surface area (Å²) >= 11 is -0.929. The fraction of sp³-hybridized carbons (Fsp3) is 0.778. The predicted octanol–water partition coefficient (Wildman–Crippen LogP) is 0.362. The van der Waals surface area contributed by atoms with Crippen LogP contribution < -0.4 is 10.2 Å².